The molecule has 2 aromatic rings. The second-order valence-corrected chi connectivity index (χ2v) is 7.45. The molecule has 1 saturated carbocycles. The Morgan fingerprint density at radius 2 is 2.04 bits per heavy atom. The number of nitrogens with zero attached hydrogens (tertiary/aromatic N) is 4. The lowest BCUT2D eigenvalue weighted by atomic mass is 9.90. The van der Waals surface area contributed by atoms with E-state index in [1.807, 2.05) is 35.9 Å². The summed E-state index contributed by atoms with van der Waals surface area (Å²) in [5.41, 5.74) is 5.55. The maximum atomic E-state index is 12.2. The first-order valence-electron chi connectivity index (χ1n) is 8.53. The highest BCUT2D eigenvalue weighted by Gasteiger charge is 2.14. The Morgan fingerprint density at radius 1 is 1.32 bits per heavy atom. The molecule has 0 unspecified atom stereocenters. The highest BCUT2D eigenvalue weighted by atomic mass is 32.2. The van der Waals surface area contributed by atoms with Crippen molar-refractivity contribution in [2.24, 2.45) is 18.1 Å². The lowest BCUT2D eigenvalue weighted by Crippen LogP contribution is -2.21. The van der Waals surface area contributed by atoms with Gasteiger partial charge in [0.25, 0.3) is 5.91 Å². The van der Waals surface area contributed by atoms with Crippen molar-refractivity contribution in [2.75, 3.05) is 0 Å². The van der Waals surface area contributed by atoms with Crippen molar-refractivity contribution >= 4 is 23.4 Å². The minimum Gasteiger partial charge on any atom is -0.312 e. The number of hydrogen-bond acceptors (Lipinski definition) is 5. The third-order valence-electron chi connectivity index (χ3n) is 4.42. The van der Waals surface area contributed by atoms with Crippen LogP contribution in [0.1, 0.15) is 48.5 Å². The molecule has 1 heterocycles. The van der Waals surface area contributed by atoms with Crippen LogP contribution in [-0.2, 0) is 12.8 Å². The van der Waals surface area contributed by atoms with Gasteiger partial charge in [-0.15, -0.1) is 10.2 Å². The van der Waals surface area contributed by atoms with Gasteiger partial charge in [0.1, 0.15) is 6.33 Å². The number of amides is 1. The molecular formula is C18H23N5OS. The van der Waals surface area contributed by atoms with Crippen LogP contribution in [0.2, 0.25) is 0 Å². The number of aryl methyl sites for hydroxylation is 1. The van der Waals surface area contributed by atoms with Crippen molar-refractivity contribution in [1.29, 1.82) is 0 Å². The van der Waals surface area contributed by atoms with Gasteiger partial charge in [0.05, 0.1) is 0 Å². The molecule has 25 heavy (non-hydrogen) atoms. The Hall–Kier alpha value is -2.15. The summed E-state index contributed by atoms with van der Waals surface area (Å²) in [6.45, 7) is 2.26. The molecule has 1 amide bonds. The van der Waals surface area contributed by atoms with Crippen molar-refractivity contribution in [3.05, 3.63) is 41.7 Å². The van der Waals surface area contributed by atoms with Gasteiger partial charge in [0.2, 0.25) is 0 Å². The van der Waals surface area contributed by atoms with Crippen molar-refractivity contribution < 1.29 is 4.79 Å². The summed E-state index contributed by atoms with van der Waals surface area (Å²) in [6.07, 6.45) is 5.97. The number of rotatable bonds is 5. The molecule has 3 rings (SSSR count). The highest BCUT2D eigenvalue weighted by Crippen LogP contribution is 2.21. The van der Waals surface area contributed by atoms with Gasteiger partial charge in [-0.1, -0.05) is 30.8 Å². The zero-order valence-corrected chi connectivity index (χ0v) is 15.4. The lowest BCUT2D eigenvalue weighted by Gasteiger charge is -2.18. The van der Waals surface area contributed by atoms with Crippen LogP contribution >= 0.6 is 11.8 Å². The quantitative estimate of drug-likeness (QED) is 0.657. The van der Waals surface area contributed by atoms with E-state index in [9.17, 15) is 4.79 Å². The van der Waals surface area contributed by atoms with Gasteiger partial charge in [-0.25, -0.2) is 5.43 Å². The summed E-state index contributed by atoms with van der Waals surface area (Å²) in [7, 11) is 1.92. The number of carbonyl (C=O) groups excluding carboxylic acids is 1. The first-order chi connectivity index (χ1) is 12.1. The zero-order chi connectivity index (χ0) is 17.6. The first-order valence-corrected chi connectivity index (χ1v) is 9.52. The van der Waals surface area contributed by atoms with E-state index < -0.39 is 0 Å². The molecule has 1 aromatic carbocycles. The number of carbonyl (C=O) groups is 1. The van der Waals surface area contributed by atoms with Crippen LogP contribution in [0.15, 0.2) is 40.9 Å². The summed E-state index contributed by atoms with van der Waals surface area (Å²) in [4.78, 5) is 12.2. The van der Waals surface area contributed by atoms with Crippen LogP contribution in [0.3, 0.4) is 0 Å². The molecule has 7 heteroatoms. The Labute approximate surface area is 152 Å². The largest absolute Gasteiger partial charge is 0.312 e. The fourth-order valence-electron chi connectivity index (χ4n) is 2.71. The molecule has 6 nitrogen and oxygen atoms in total. The van der Waals surface area contributed by atoms with Crippen LogP contribution in [0.25, 0.3) is 0 Å². The third-order valence-corrected chi connectivity index (χ3v) is 5.53. The summed E-state index contributed by atoms with van der Waals surface area (Å²) in [5, 5.41) is 13.1. The molecule has 0 spiro atoms. The number of hydrogen-bond donors (Lipinski definition) is 1. The van der Waals surface area contributed by atoms with Crippen molar-refractivity contribution in [3.63, 3.8) is 0 Å². The minimum atomic E-state index is -0.154. The van der Waals surface area contributed by atoms with E-state index in [0.29, 0.717) is 5.56 Å². The van der Waals surface area contributed by atoms with Crippen LogP contribution < -0.4 is 5.43 Å². The van der Waals surface area contributed by atoms with E-state index in [1.165, 1.54) is 0 Å². The third kappa shape index (κ3) is 4.92. The van der Waals surface area contributed by atoms with Gasteiger partial charge in [-0.2, -0.15) is 5.10 Å². The van der Waals surface area contributed by atoms with Crippen molar-refractivity contribution in [3.8, 4) is 0 Å². The normalized spacial score (nSPS) is 17.4. The van der Waals surface area contributed by atoms with Gasteiger partial charge < -0.3 is 4.57 Å². The number of thioether (sulfide) groups is 1. The molecule has 0 aliphatic heterocycles. The number of nitrogens with one attached hydrogen (secondary N) is 1. The maximum Gasteiger partial charge on any atom is 0.271 e. The van der Waals surface area contributed by atoms with E-state index in [-0.39, 0.29) is 5.91 Å². The van der Waals surface area contributed by atoms with E-state index in [2.05, 4.69) is 27.6 Å². The molecular weight excluding hydrogens is 334 g/mol. The summed E-state index contributed by atoms with van der Waals surface area (Å²) >= 11 is 1.62. The minimum absolute atomic E-state index is 0.154. The second-order valence-electron chi connectivity index (χ2n) is 6.51. The molecule has 0 saturated heterocycles. The van der Waals surface area contributed by atoms with Crippen molar-refractivity contribution in [1.82, 2.24) is 20.2 Å². The van der Waals surface area contributed by atoms with E-state index >= 15 is 0 Å². The Kier molecular flexibility index (Phi) is 5.86. The fraction of sp³-hybridized carbons (Fsp3) is 0.444. The summed E-state index contributed by atoms with van der Waals surface area (Å²) in [6, 6.07) is 7.61. The molecule has 0 bridgehead atoms. The average Bonchev–Trinajstić information content (AvgIpc) is 3.04. The molecule has 0 radical (unpaired) electrons. The molecule has 1 aliphatic rings. The smallest absolute Gasteiger partial charge is 0.271 e. The number of aromatic nitrogens is 3. The lowest BCUT2D eigenvalue weighted by molar-refractivity contribution is 0.0954. The second kappa shape index (κ2) is 8.29. The first kappa shape index (κ1) is 17.7. The summed E-state index contributed by atoms with van der Waals surface area (Å²) < 4.78 is 1.89. The molecule has 1 aliphatic carbocycles. The topological polar surface area (TPSA) is 72.2 Å². The van der Waals surface area contributed by atoms with Gasteiger partial charge in [-0.3, -0.25) is 4.79 Å². The van der Waals surface area contributed by atoms with Crippen molar-refractivity contribution in [2.45, 2.75) is 43.5 Å². The van der Waals surface area contributed by atoms with E-state index in [1.54, 1.807) is 18.1 Å². The zero-order valence-electron chi connectivity index (χ0n) is 14.6. The molecule has 1 N–H and O–H groups in total. The standard InChI is InChI=1S/C18H23N5OS/c1-13-3-9-16(10-4-13)20-21-17(24)15-7-5-14(6-8-15)11-25-18-22-19-12-23(18)2/h5-8,12-13H,3-4,9-11H2,1-2H3,(H,21,24). The SMILES string of the molecule is CC1CCC(=NNC(=O)c2ccc(CSc3nncn3C)cc2)CC1. The van der Waals surface area contributed by atoms with Crippen LogP contribution in [0.4, 0.5) is 0 Å². The Morgan fingerprint density at radius 3 is 2.68 bits per heavy atom. The van der Waals surface area contributed by atoms with Crippen LogP contribution in [0, 0.1) is 5.92 Å². The summed E-state index contributed by atoms with van der Waals surface area (Å²) in [5.74, 6) is 1.40. The van der Waals surface area contributed by atoms with E-state index in [4.69, 9.17) is 0 Å². The number of benzene rings is 1. The highest BCUT2D eigenvalue weighted by molar-refractivity contribution is 7.98. The van der Waals surface area contributed by atoms with E-state index in [0.717, 1.165) is 53.8 Å². The predicted octanol–water partition coefficient (Wildman–Crippen LogP) is 3.40. The predicted molar refractivity (Wildman–Crippen MR) is 99.5 cm³/mol. The van der Waals surface area contributed by atoms with Gasteiger partial charge in [0, 0.05) is 24.1 Å². The Bertz CT molecular complexity index is 743. The molecule has 1 fully saturated rings. The van der Waals surface area contributed by atoms with Gasteiger partial charge >= 0.3 is 0 Å². The fourth-order valence-corrected chi connectivity index (χ4v) is 3.55. The Balaban J connectivity index is 1.52. The molecule has 1 aromatic heterocycles. The average molecular weight is 357 g/mol. The molecule has 132 valence electrons. The van der Waals surface area contributed by atoms with Crippen LogP contribution in [-0.4, -0.2) is 26.4 Å². The number of hydrazone groups is 1. The maximum absolute atomic E-state index is 12.2. The molecule has 0 atom stereocenters. The van der Waals surface area contributed by atoms with Gasteiger partial charge in [0.15, 0.2) is 5.16 Å². The monoisotopic (exact) mass is 357 g/mol. The van der Waals surface area contributed by atoms with Gasteiger partial charge in [-0.05, 0) is 49.3 Å². The van der Waals surface area contributed by atoms with Crippen LogP contribution in [0.5, 0.6) is 0 Å².